The molecule has 0 aromatic heterocycles. The summed E-state index contributed by atoms with van der Waals surface area (Å²) < 4.78 is 16.1. The topological polar surface area (TPSA) is 44.8 Å². The Kier molecular flexibility index (Phi) is 15.0. The van der Waals surface area contributed by atoms with Crippen LogP contribution < -0.4 is 0 Å². The van der Waals surface area contributed by atoms with Gasteiger partial charge in [-0.1, -0.05) is 44.9 Å². The Labute approximate surface area is 145 Å². The van der Waals surface area contributed by atoms with Gasteiger partial charge in [0.15, 0.2) is 0 Å². The number of carbonyl (C=O) groups excluding carboxylic acids is 1. The molecule has 0 fully saturated rings. The van der Waals surface area contributed by atoms with Gasteiger partial charge in [-0.25, -0.2) is 0 Å². The second-order valence-electron chi connectivity index (χ2n) is 6.83. The van der Waals surface area contributed by atoms with E-state index < -0.39 is 18.3 Å². The number of unbranched alkanes of at least 4 members (excludes halogenated alkanes) is 7. The molecule has 22 heavy (non-hydrogen) atoms. The van der Waals surface area contributed by atoms with Gasteiger partial charge in [0.1, 0.15) is 20.2 Å². The van der Waals surface area contributed by atoms with Gasteiger partial charge in [0.25, 0.3) is 16.0 Å². The van der Waals surface area contributed by atoms with Crippen LogP contribution in [0.5, 0.6) is 0 Å². The lowest BCUT2D eigenvalue weighted by Crippen LogP contribution is -2.28. The predicted octanol–water partition coefficient (Wildman–Crippen LogP) is 1.69. The van der Waals surface area contributed by atoms with Gasteiger partial charge in [0.05, 0.1) is 0 Å². The summed E-state index contributed by atoms with van der Waals surface area (Å²) in [5, 5.41) is 0. The molecule has 0 spiro atoms. The zero-order valence-electron chi connectivity index (χ0n) is 15.1. The van der Waals surface area contributed by atoms with Gasteiger partial charge in [-0.15, -0.1) is 0 Å². The van der Waals surface area contributed by atoms with Crippen LogP contribution in [0.1, 0.15) is 57.8 Å². The first-order valence-electron chi connectivity index (χ1n) is 8.74. The first-order chi connectivity index (χ1) is 10.5. The van der Waals surface area contributed by atoms with Crippen molar-refractivity contribution in [2.45, 2.75) is 83.5 Å². The second-order valence-corrected chi connectivity index (χ2v) is 16.6. The van der Waals surface area contributed by atoms with Gasteiger partial charge in [0, 0.05) is 6.42 Å². The number of carbonyl (C=O) groups is 1. The molecular weight excluding hydrogens is 344 g/mol. The Bertz CT molecular complexity index is 272. The lowest BCUT2D eigenvalue weighted by molar-refractivity contribution is -0.135. The Morgan fingerprint density at radius 2 is 1.50 bits per heavy atom. The van der Waals surface area contributed by atoms with E-state index in [1.165, 1.54) is 44.6 Å². The fraction of sp³-hybridized carbons (Fsp3) is 0.929. The normalized spacial score (nSPS) is 12.9. The zero-order valence-corrected chi connectivity index (χ0v) is 20.9. The quantitative estimate of drug-likeness (QED) is 0.320. The molecule has 4 nitrogen and oxygen atoms in total. The maximum atomic E-state index is 11.6. The van der Waals surface area contributed by atoms with Crippen molar-refractivity contribution in [1.29, 1.82) is 0 Å². The molecule has 0 unspecified atom stereocenters. The molecule has 0 aromatic carbocycles. The summed E-state index contributed by atoms with van der Waals surface area (Å²) in [6.45, 7) is 6.17. The van der Waals surface area contributed by atoms with Gasteiger partial charge in [-0.3, -0.25) is 4.79 Å². The molecule has 0 heterocycles. The summed E-state index contributed by atoms with van der Waals surface area (Å²) in [5.41, 5.74) is 0. The van der Waals surface area contributed by atoms with Gasteiger partial charge in [0.2, 0.25) is 8.32 Å². The molecule has 132 valence electrons. The van der Waals surface area contributed by atoms with Crippen LogP contribution in [0.4, 0.5) is 0 Å². The van der Waals surface area contributed by atoms with Crippen molar-refractivity contribution in [3.63, 3.8) is 0 Å². The van der Waals surface area contributed by atoms with E-state index in [0.717, 1.165) is 23.3 Å². The van der Waals surface area contributed by atoms with Crippen LogP contribution in [0.15, 0.2) is 0 Å². The van der Waals surface area contributed by atoms with E-state index in [2.05, 4.69) is 19.6 Å². The highest BCUT2D eigenvalue weighted by molar-refractivity contribution is 6.71. The highest BCUT2D eigenvalue weighted by Gasteiger charge is 2.19. The van der Waals surface area contributed by atoms with E-state index in [0.29, 0.717) is 6.42 Å². The van der Waals surface area contributed by atoms with E-state index in [9.17, 15) is 4.79 Å². The van der Waals surface area contributed by atoms with E-state index in [-0.39, 0.29) is 15.7 Å². The lowest BCUT2D eigenvalue weighted by Gasteiger charge is -2.17. The Morgan fingerprint density at radius 1 is 0.955 bits per heavy atom. The van der Waals surface area contributed by atoms with Crippen LogP contribution in [0.25, 0.3) is 0 Å². The lowest BCUT2D eigenvalue weighted by atomic mass is 10.1. The minimum Gasteiger partial charge on any atom is -0.520 e. The number of hydrogen-bond acceptors (Lipinski definition) is 4. The molecule has 0 aromatic rings. The molecule has 0 aliphatic rings. The van der Waals surface area contributed by atoms with Gasteiger partial charge in [-0.2, -0.15) is 0 Å². The van der Waals surface area contributed by atoms with Gasteiger partial charge in [-0.05, 0) is 32.1 Å². The van der Waals surface area contributed by atoms with E-state index in [4.69, 9.17) is 12.7 Å². The zero-order chi connectivity index (χ0) is 16.7. The summed E-state index contributed by atoms with van der Waals surface area (Å²) in [6, 6.07) is 1.32. The molecule has 0 aliphatic carbocycles. The van der Waals surface area contributed by atoms with Crippen molar-refractivity contribution < 1.29 is 17.5 Å². The van der Waals surface area contributed by atoms with Crippen molar-refractivity contribution >= 4 is 44.5 Å². The van der Waals surface area contributed by atoms with Crippen molar-refractivity contribution in [3.8, 4) is 0 Å². The Hall–Kier alpha value is 0.258. The first-order valence-corrected chi connectivity index (χ1v) is 15.7. The Morgan fingerprint density at radius 3 is 2.05 bits per heavy atom. The van der Waals surface area contributed by atoms with Crippen LogP contribution in [0, 0.1) is 0 Å². The van der Waals surface area contributed by atoms with Gasteiger partial charge < -0.3 is 12.7 Å². The molecule has 8 heteroatoms. The van der Waals surface area contributed by atoms with Crippen LogP contribution in [-0.2, 0) is 17.5 Å². The molecule has 0 saturated heterocycles. The molecule has 0 saturated carbocycles. The maximum absolute atomic E-state index is 11.6. The van der Waals surface area contributed by atoms with Crippen LogP contribution in [0.2, 0.25) is 25.7 Å². The number of hydrogen-bond donors (Lipinski definition) is 0. The molecule has 0 N–H and O–H groups in total. The standard InChI is InChI=1S/C14H36O4Si4/c1-22(2,3)16-14(15)12-10-8-6-4-5-7-9-11-13-20-18-21-17-19/h4-13,20-21H2,1-3,19H3. The molecule has 0 aliphatic heterocycles. The largest absolute Gasteiger partial charge is 0.520 e. The minimum atomic E-state index is -1.68. The SMILES string of the molecule is C[Si](C)(C)OC(=O)CCCCCCCCCC[SiH2]O[SiH2]O[SiH3]. The van der Waals surface area contributed by atoms with Gasteiger partial charge >= 0.3 is 0 Å². The minimum absolute atomic E-state index is 0.00410. The molecule has 0 radical (unpaired) electrons. The first kappa shape index (κ1) is 22.3. The maximum Gasteiger partial charge on any atom is 0.292 e. The average Bonchev–Trinajstić information content (AvgIpc) is 2.42. The fourth-order valence-electron chi connectivity index (χ4n) is 2.25. The monoisotopic (exact) mass is 380 g/mol. The van der Waals surface area contributed by atoms with Crippen LogP contribution in [0.3, 0.4) is 0 Å². The summed E-state index contributed by atoms with van der Waals surface area (Å²) >= 11 is 0. The fourth-order valence-corrected chi connectivity index (χ4v) is 7.04. The summed E-state index contributed by atoms with van der Waals surface area (Å²) in [4.78, 5) is 11.6. The summed E-state index contributed by atoms with van der Waals surface area (Å²) in [5.74, 6) is 0.00410. The third kappa shape index (κ3) is 18.3. The van der Waals surface area contributed by atoms with Crippen molar-refractivity contribution in [2.75, 3.05) is 0 Å². The van der Waals surface area contributed by atoms with E-state index in [1.807, 2.05) is 0 Å². The molecule has 0 bridgehead atoms. The molecule has 0 amide bonds. The smallest absolute Gasteiger partial charge is 0.292 e. The summed E-state index contributed by atoms with van der Waals surface area (Å²) in [6.07, 6.45) is 10.7. The highest BCUT2D eigenvalue weighted by atomic mass is 28.4. The van der Waals surface area contributed by atoms with Crippen molar-refractivity contribution in [3.05, 3.63) is 0 Å². The van der Waals surface area contributed by atoms with Crippen LogP contribution >= 0.6 is 0 Å². The number of rotatable bonds is 15. The Balaban J connectivity index is 3.16. The molecular formula is C14H36O4Si4. The van der Waals surface area contributed by atoms with Crippen molar-refractivity contribution in [2.24, 2.45) is 0 Å². The van der Waals surface area contributed by atoms with E-state index in [1.54, 1.807) is 0 Å². The third-order valence-electron chi connectivity index (χ3n) is 3.29. The summed E-state index contributed by atoms with van der Waals surface area (Å²) in [7, 11) is -1.65. The second kappa shape index (κ2) is 14.8. The average molecular weight is 381 g/mol. The third-order valence-corrected chi connectivity index (χ3v) is 7.68. The van der Waals surface area contributed by atoms with Crippen LogP contribution in [-0.4, -0.2) is 44.5 Å². The molecule has 0 atom stereocenters. The molecule has 0 rings (SSSR count). The highest BCUT2D eigenvalue weighted by Crippen LogP contribution is 2.12. The van der Waals surface area contributed by atoms with E-state index >= 15 is 0 Å². The van der Waals surface area contributed by atoms with Crippen molar-refractivity contribution in [1.82, 2.24) is 0 Å². The predicted molar refractivity (Wildman–Crippen MR) is 105 cm³/mol.